The summed E-state index contributed by atoms with van der Waals surface area (Å²) in [6.07, 6.45) is 1.60. The van der Waals surface area contributed by atoms with Crippen molar-refractivity contribution in [3.63, 3.8) is 0 Å². The predicted octanol–water partition coefficient (Wildman–Crippen LogP) is 2.45. The molecule has 0 saturated heterocycles. The van der Waals surface area contributed by atoms with E-state index in [0.717, 1.165) is 39.9 Å². The van der Waals surface area contributed by atoms with E-state index in [1.807, 2.05) is 13.0 Å². The van der Waals surface area contributed by atoms with E-state index in [0.29, 0.717) is 13.2 Å². The Hall–Kier alpha value is -0.740. The molecule has 88 valence electrons. The topological polar surface area (TPSA) is 38.7 Å². The maximum atomic E-state index is 8.85. The van der Waals surface area contributed by atoms with Gasteiger partial charge in [-0.2, -0.15) is 0 Å². The van der Waals surface area contributed by atoms with Crippen molar-refractivity contribution in [3.8, 4) is 11.5 Å². The van der Waals surface area contributed by atoms with Gasteiger partial charge in [-0.25, -0.2) is 0 Å². The summed E-state index contributed by atoms with van der Waals surface area (Å²) in [5.74, 6) is 1.66. The van der Waals surface area contributed by atoms with E-state index >= 15 is 0 Å². The zero-order chi connectivity index (χ0) is 11.5. The second kappa shape index (κ2) is 5.06. The summed E-state index contributed by atoms with van der Waals surface area (Å²) >= 11 is 3.57. The first-order valence-corrected chi connectivity index (χ1v) is 6.21. The fourth-order valence-corrected chi connectivity index (χ4v) is 2.34. The summed E-state index contributed by atoms with van der Waals surface area (Å²) < 4.78 is 12.2. The minimum atomic E-state index is 0.208. The van der Waals surface area contributed by atoms with E-state index in [2.05, 4.69) is 15.9 Å². The van der Waals surface area contributed by atoms with Crippen LogP contribution in [0.4, 0.5) is 0 Å². The number of rotatable bonds is 3. The zero-order valence-corrected chi connectivity index (χ0v) is 10.8. The van der Waals surface area contributed by atoms with Crippen LogP contribution in [0, 0.1) is 6.92 Å². The summed E-state index contributed by atoms with van der Waals surface area (Å²) in [4.78, 5) is 0. The molecule has 1 N–H and O–H groups in total. The number of ether oxygens (including phenoxy) is 2. The van der Waals surface area contributed by atoms with Crippen molar-refractivity contribution in [2.75, 3.05) is 19.8 Å². The highest BCUT2D eigenvalue weighted by Crippen LogP contribution is 2.40. The van der Waals surface area contributed by atoms with Crippen LogP contribution in [0.1, 0.15) is 17.5 Å². The smallest absolute Gasteiger partial charge is 0.165 e. The molecule has 0 spiro atoms. The van der Waals surface area contributed by atoms with Gasteiger partial charge in [-0.15, -0.1) is 0 Å². The molecule has 0 atom stereocenters. The second-order valence-electron chi connectivity index (χ2n) is 3.83. The molecule has 1 aromatic rings. The van der Waals surface area contributed by atoms with Crippen LogP contribution in [0.3, 0.4) is 0 Å². The highest BCUT2D eigenvalue weighted by molar-refractivity contribution is 9.10. The van der Waals surface area contributed by atoms with Gasteiger partial charge in [-0.1, -0.05) is 15.9 Å². The lowest BCUT2D eigenvalue weighted by molar-refractivity contribution is 0.170. The fourth-order valence-electron chi connectivity index (χ4n) is 1.85. The van der Waals surface area contributed by atoms with Crippen molar-refractivity contribution in [1.29, 1.82) is 0 Å². The van der Waals surface area contributed by atoms with Crippen molar-refractivity contribution in [1.82, 2.24) is 0 Å². The van der Waals surface area contributed by atoms with Gasteiger partial charge in [0.2, 0.25) is 0 Å². The normalized spacial score (nSPS) is 13.9. The summed E-state index contributed by atoms with van der Waals surface area (Å²) in [5, 5.41) is 8.85. The van der Waals surface area contributed by atoms with Crippen molar-refractivity contribution in [3.05, 3.63) is 21.7 Å². The number of aryl methyl sites for hydroxylation is 1. The Morgan fingerprint density at radius 2 is 2.12 bits per heavy atom. The summed E-state index contributed by atoms with van der Waals surface area (Å²) in [5.41, 5.74) is 2.24. The lowest BCUT2D eigenvalue weighted by atomic mass is 10.1. The molecule has 1 aliphatic rings. The number of aliphatic hydroxyl groups excluding tert-OH is 1. The summed E-state index contributed by atoms with van der Waals surface area (Å²) in [6.45, 7) is 3.43. The largest absolute Gasteiger partial charge is 0.486 e. The van der Waals surface area contributed by atoms with Crippen LogP contribution in [0.5, 0.6) is 11.5 Å². The van der Waals surface area contributed by atoms with Crippen molar-refractivity contribution >= 4 is 15.9 Å². The van der Waals surface area contributed by atoms with Gasteiger partial charge in [0.1, 0.15) is 13.2 Å². The van der Waals surface area contributed by atoms with E-state index in [-0.39, 0.29) is 6.61 Å². The molecular formula is C12H15BrO3. The van der Waals surface area contributed by atoms with E-state index in [1.165, 1.54) is 0 Å². The van der Waals surface area contributed by atoms with Crippen LogP contribution < -0.4 is 9.47 Å². The Kier molecular flexibility index (Phi) is 3.71. The number of aliphatic hydroxyl groups is 1. The van der Waals surface area contributed by atoms with Gasteiger partial charge in [-0.05, 0) is 31.4 Å². The third-order valence-electron chi connectivity index (χ3n) is 2.67. The van der Waals surface area contributed by atoms with Crippen molar-refractivity contribution in [2.45, 2.75) is 19.8 Å². The maximum Gasteiger partial charge on any atom is 0.165 e. The quantitative estimate of drug-likeness (QED) is 0.928. The highest BCUT2D eigenvalue weighted by atomic mass is 79.9. The Labute approximate surface area is 104 Å². The molecule has 0 unspecified atom stereocenters. The Balaban J connectivity index is 2.36. The molecule has 1 aliphatic heterocycles. The van der Waals surface area contributed by atoms with Gasteiger partial charge >= 0.3 is 0 Å². The number of halogens is 1. The van der Waals surface area contributed by atoms with Gasteiger partial charge in [-0.3, -0.25) is 0 Å². The molecule has 0 bridgehead atoms. The SMILES string of the molecule is Cc1c(Br)c(CCCO)cc2c1OCCO2. The summed E-state index contributed by atoms with van der Waals surface area (Å²) in [7, 11) is 0. The van der Waals surface area contributed by atoms with Crippen LogP contribution in [-0.2, 0) is 6.42 Å². The Morgan fingerprint density at radius 1 is 1.38 bits per heavy atom. The molecule has 0 fully saturated rings. The molecule has 0 aromatic heterocycles. The van der Waals surface area contributed by atoms with Crippen molar-refractivity contribution < 1.29 is 14.6 Å². The summed E-state index contributed by atoms with van der Waals surface area (Å²) in [6, 6.07) is 2.00. The molecule has 1 heterocycles. The molecule has 1 aromatic carbocycles. The first-order chi connectivity index (χ1) is 7.74. The third kappa shape index (κ3) is 2.18. The average molecular weight is 287 g/mol. The molecule has 0 aliphatic carbocycles. The molecule has 3 nitrogen and oxygen atoms in total. The van der Waals surface area contributed by atoms with Crippen molar-refractivity contribution in [2.24, 2.45) is 0 Å². The molecule has 2 rings (SSSR count). The third-order valence-corrected chi connectivity index (χ3v) is 3.78. The highest BCUT2D eigenvalue weighted by Gasteiger charge is 2.18. The van der Waals surface area contributed by atoms with Crippen LogP contribution >= 0.6 is 15.9 Å². The first kappa shape index (κ1) is 11.7. The number of hydrogen-bond acceptors (Lipinski definition) is 3. The van der Waals surface area contributed by atoms with Gasteiger partial charge in [0, 0.05) is 16.6 Å². The van der Waals surface area contributed by atoms with E-state index in [9.17, 15) is 0 Å². The van der Waals surface area contributed by atoms with Crippen LogP contribution in [0.25, 0.3) is 0 Å². The van der Waals surface area contributed by atoms with Crippen LogP contribution in [-0.4, -0.2) is 24.9 Å². The van der Waals surface area contributed by atoms with E-state index in [1.54, 1.807) is 0 Å². The fraction of sp³-hybridized carbons (Fsp3) is 0.500. The van der Waals surface area contributed by atoms with Crippen LogP contribution in [0.15, 0.2) is 10.5 Å². The standard InChI is InChI=1S/C12H15BrO3/c1-8-11(13)9(3-2-4-14)7-10-12(8)16-6-5-15-10/h7,14H,2-6H2,1H3. The maximum absolute atomic E-state index is 8.85. The molecule has 0 amide bonds. The minimum Gasteiger partial charge on any atom is -0.486 e. The van der Waals surface area contributed by atoms with Gasteiger partial charge in [0.05, 0.1) is 0 Å². The molecule has 0 saturated carbocycles. The first-order valence-electron chi connectivity index (χ1n) is 5.42. The van der Waals surface area contributed by atoms with Gasteiger partial charge in [0.15, 0.2) is 11.5 Å². The lowest BCUT2D eigenvalue weighted by Gasteiger charge is -2.22. The molecule has 16 heavy (non-hydrogen) atoms. The average Bonchev–Trinajstić information content (AvgIpc) is 2.32. The second-order valence-corrected chi connectivity index (χ2v) is 4.62. The molecule has 0 radical (unpaired) electrons. The molecule has 4 heteroatoms. The van der Waals surface area contributed by atoms with E-state index in [4.69, 9.17) is 14.6 Å². The monoisotopic (exact) mass is 286 g/mol. The number of benzene rings is 1. The van der Waals surface area contributed by atoms with Crippen LogP contribution in [0.2, 0.25) is 0 Å². The van der Waals surface area contributed by atoms with Gasteiger partial charge in [0.25, 0.3) is 0 Å². The Bertz CT molecular complexity index is 390. The Morgan fingerprint density at radius 3 is 2.88 bits per heavy atom. The molecular weight excluding hydrogens is 272 g/mol. The number of hydrogen-bond donors (Lipinski definition) is 1. The zero-order valence-electron chi connectivity index (χ0n) is 9.25. The minimum absolute atomic E-state index is 0.208. The van der Waals surface area contributed by atoms with E-state index < -0.39 is 0 Å². The predicted molar refractivity (Wildman–Crippen MR) is 65.3 cm³/mol. The number of fused-ring (bicyclic) bond motifs is 1. The lowest BCUT2D eigenvalue weighted by Crippen LogP contribution is -2.16. The van der Waals surface area contributed by atoms with Gasteiger partial charge < -0.3 is 14.6 Å².